The molecule has 2 aromatic rings. The number of hydrogen-bond acceptors (Lipinski definition) is 7. The summed E-state index contributed by atoms with van der Waals surface area (Å²) >= 11 is 0. The maximum atomic E-state index is 14.7. The highest BCUT2D eigenvalue weighted by Gasteiger charge is 2.39. The minimum absolute atomic E-state index is 0.0199. The maximum Gasteiger partial charge on any atom is 0.407 e. The summed E-state index contributed by atoms with van der Waals surface area (Å²) in [5.41, 5.74) is -0.784. The Labute approximate surface area is 214 Å². The number of anilines is 1. The van der Waals surface area contributed by atoms with Crippen LogP contribution in [0.3, 0.4) is 0 Å². The Morgan fingerprint density at radius 3 is 2.38 bits per heavy atom. The lowest BCUT2D eigenvalue weighted by Gasteiger charge is -2.28. The first-order valence-corrected chi connectivity index (χ1v) is 12.6. The summed E-state index contributed by atoms with van der Waals surface area (Å²) in [5, 5.41) is 6.09. The fraction of sp³-hybridized carbons (Fsp3) is 0.577. The lowest BCUT2D eigenvalue weighted by molar-refractivity contribution is 0.0504. The number of hydrogen-bond donors (Lipinski definition) is 2. The van der Waals surface area contributed by atoms with E-state index in [4.69, 9.17) is 9.47 Å². The van der Waals surface area contributed by atoms with Crippen LogP contribution < -0.4 is 20.3 Å². The van der Waals surface area contributed by atoms with Crippen LogP contribution in [0.2, 0.25) is 0 Å². The Bertz CT molecular complexity index is 1090. The van der Waals surface area contributed by atoms with Gasteiger partial charge in [0, 0.05) is 25.1 Å². The number of carbonyl (C=O) groups is 1. The Morgan fingerprint density at radius 1 is 1.08 bits per heavy atom. The van der Waals surface area contributed by atoms with Crippen LogP contribution in [-0.4, -0.2) is 60.0 Å². The van der Waals surface area contributed by atoms with Crippen molar-refractivity contribution in [1.82, 2.24) is 20.6 Å². The molecular weight excluding hydrogens is 487 g/mol. The number of nitrogens with zero attached hydrogens (tertiary/aromatic N) is 3. The number of halogens is 3. The number of alkyl carbamates (subject to hydrolysis) is 1. The molecule has 0 spiro atoms. The predicted octanol–water partition coefficient (Wildman–Crippen LogP) is 4.16. The number of piperidine rings is 1. The van der Waals surface area contributed by atoms with Gasteiger partial charge in [-0.3, -0.25) is 0 Å². The molecule has 0 aliphatic carbocycles. The molecule has 1 amide bonds. The van der Waals surface area contributed by atoms with Gasteiger partial charge in [-0.2, -0.15) is 0 Å². The van der Waals surface area contributed by atoms with E-state index in [-0.39, 0.29) is 24.8 Å². The fourth-order valence-corrected chi connectivity index (χ4v) is 4.87. The molecule has 2 aliphatic heterocycles. The normalized spacial score (nSPS) is 21.5. The molecule has 37 heavy (non-hydrogen) atoms. The van der Waals surface area contributed by atoms with Crippen LogP contribution in [0.25, 0.3) is 0 Å². The Balaban J connectivity index is 1.50. The van der Waals surface area contributed by atoms with Crippen molar-refractivity contribution in [2.24, 2.45) is 5.92 Å². The van der Waals surface area contributed by atoms with E-state index in [1.165, 1.54) is 0 Å². The smallest absolute Gasteiger partial charge is 0.407 e. The number of carbonyl (C=O) groups excluding carboxylic acids is 1. The fourth-order valence-electron chi connectivity index (χ4n) is 4.87. The summed E-state index contributed by atoms with van der Waals surface area (Å²) in [4.78, 5) is 23.1. The SMILES string of the molecule is C[C@H](Oc1cnc(N2C[C@H](NC(=O)OC(C)(C)C)[C@@H](c3cc(F)c(F)cc3F)C2)nc1)C1CCNCC1. The second kappa shape index (κ2) is 11.1. The van der Waals surface area contributed by atoms with Crippen LogP contribution in [0.15, 0.2) is 24.5 Å². The highest BCUT2D eigenvalue weighted by Crippen LogP contribution is 2.33. The van der Waals surface area contributed by atoms with Gasteiger partial charge in [-0.15, -0.1) is 0 Å². The molecule has 4 rings (SSSR count). The largest absolute Gasteiger partial charge is 0.487 e. The third kappa shape index (κ3) is 6.82. The number of benzene rings is 1. The molecule has 11 heteroatoms. The van der Waals surface area contributed by atoms with Crippen LogP contribution in [0.1, 0.15) is 52.0 Å². The van der Waals surface area contributed by atoms with Crippen LogP contribution >= 0.6 is 0 Å². The van der Waals surface area contributed by atoms with Gasteiger partial charge in [0.25, 0.3) is 0 Å². The molecule has 0 radical (unpaired) electrons. The summed E-state index contributed by atoms with van der Waals surface area (Å²) in [5.74, 6) is -2.67. The maximum absolute atomic E-state index is 14.7. The van der Waals surface area contributed by atoms with Crippen molar-refractivity contribution in [1.29, 1.82) is 0 Å². The first kappa shape index (κ1) is 27.0. The third-order valence-electron chi connectivity index (χ3n) is 6.73. The van der Waals surface area contributed by atoms with Gasteiger partial charge in [-0.25, -0.2) is 27.9 Å². The Morgan fingerprint density at radius 2 is 1.73 bits per heavy atom. The number of nitrogens with one attached hydrogen (secondary N) is 2. The van der Waals surface area contributed by atoms with Crippen molar-refractivity contribution in [3.05, 3.63) is 47.5 Å². The standard InChI is InChI=1S/C26H34F3N5O3/c1-15(16-5-7-30-8-6-16)36-17-11-31-24(32-12-17)34-13-19(18-9-21(28)22(29)10-20(18)27)23(14-34)33-25(35)37-26(2,3)4/h9-12,15-16,19,23,30H,5-8,13-14H2,1-4H3,(H,33,35)/t15-,19+,23-/m0/s1. The molecular formula is C26H34F3N5O3. The van der Waals surface area contributed by atoms with Gasteiger partial charge in [0.05, 0.1) is 24.5 Å². The molecule has 2 fully saturated rings. The zero-order valence-electron chi connectivity index (χ0n) is 21.6. The van der Waals surface area contributed by atoms with Gasteiger partial charge < -0.3 is 25.0 Å². The minimum Gasteiger partial charge on any atom is -0.487 e. The summed E-state index contributed by atoms with van der Waals surface area (Å²) in [6.07, 6.45) is 4.59. The lowest BCUT2D eigenvalue weighted by atomic mass is 9.93. The van der Waals surface area contributed by atoms with Gasteiger partial charge in [-0.1, -0.05) is 0 Å². The van der Waals surface area contributed by atoms with Gasteiger partial charge >= 0.3 is 6.09 Å². The van der Waals surface area contributed by atoms with Crippen LogP contribution in [-0.2, 0) is 4.74 Å². The van der Waals surface area contributed by atoms with E-state index in [0.717, 1.165) is 32.0 Å². The van der Waals surface area contributed by atoms with Gasteiger partial charge in [0.2, 0.25) is 5.95 Å². The van der Waals surface area contributed by atoms with Crippen molar-refractivity contribution in [3.8, 4) is 5.75 Å². The van der Waals surface area contributed by atoms with Crippen molar-refractivity contribution in [2.75, 3.05) is 31.1 Å². The minimum atomic E-state index is -1.27. The monoisotopic (exact) mass is 521 g/mol. The molecule has 0 bridgehead atoms. The average Bonchev–Trinajstić information content (AvgIpc) is 3.24. The zero-order valence-corrected chi connectivity index (χ0v) is 21.6. The summed E-state index contributed by atoms with van der Waals surface area (Å²) in [6, 6.07) is 0.695. The van der Waals surface area contributed by atoms with E-state index in [9.17, 15) is 18.0 Å². The first-order chi connectivity index (χ1) is 17.5. The molecule has 0 saturated carbocycles. The Hall–Kier alpha value is -3.08. The van der Waals surface area contributed by atoms with Crippen LogP contribution in [0.5, 0.6) is 5.75 Å². The molecule has 2 saturated heterocycles. The number of amides is 1. The molecule has 3 atom stereocenters. The van der Waals surface area contributed by atoms with Gasteiger partial charge in [0.15, 0.2) is 17.4 Å². The average molecular weight is 522 g/mol. The van der Waals surface area contributed by atoms with E-state index in [2.05, 4.69) is 20.6 Å². The van der Waals surface area contributed by atoms with Crippen molar-refractivity contribution < 1.29 is 27.4 Å². The quantitative estimate of drug-likeness (QED) is 0.552. The molecule has 3 heterocycles. The molecule has 2 N–H and O–H groups in total. The summed E-state index contributed by atoms with van der Waals surface area (Å²) < 4.78 is 53.7. The van der Waals surface area contributed by atoms with E-state index in [1.807, 2.05) is 6.92 Å². The first-order valence-electron chi connectivity index (χ1n) is 12.6. The van der Waals surface area contributed by atoms with E-state index in [1.54, 1.807) is 38.1 Å². The van der Waals surface area contributed by atoms with Crippen LogP contribution in [0.4, 0.5) is 23.9 Å². The highest BCUT2D eigenvalue weighted by molar-refractivity contribution is 5.68. The van der Waals surface area contributed by atoms with Gasteiger partial charge in [-0.05, 0) is 71.2 Å². The zero-order chi connectivity index (χ0) is 26.7. The highest BCUT2D eigenvalue weighted by atomic mass is 19.2. The van der Waals surface area contributed by atoms with E-state index >= 15 is 0 Å². The molecule has 8 nitrogen and oxygen atoms in total. The number of ether oxygens (including phenoxy) is 2. The topological polar surface area (TPSA) is 88.6 Å². The molecule has 1 aromatic carbocycles. The molecule has 202 valence electrons. The van der Waals surface area contributed by atoms with Crippen LogP contribution in [0, 0.1) is 23.4 Å². The lowest BCUT2D eigenvalue weighted by Crippen LogP contribution is -2.43. The molecule has 0 unspecified atom stereocenters. The van der Waals surface area contributed by atoms with Gasteiger partial charge in [0.1, 0.15) is 11.4 Å². The molecule has 2 aliphatic rings. The number of rotatable bonds is 6. The molecule has 1 aromatic heterocycles. The van der Waals surface area contributed by atoms with Crippen molar-refractivity contribution in [3.63, 3.8) is 0 Å². The summed E-state index contributed by atoms with van der Waals surface area (Å²) in [7, 11) is 0. The predicted molar refractivity (Wildman–Crippen MR) is 132 cm³/mol. The van der Waals surface area contributed by atoms with E-state index in [0.29, 0.717) is 23.7 Å². The Kier molecular flexibility index (Phi) is 8.11. The van der Waals surface area contributed by atoms with E-state index < -0.39 is 41.1 Å². The van der Waals surface area contributed by atoms with Crippen molar-refractivity contribution >= 4 is 12.0 Å². The second-order valence-electron chi connectivity index (χ2n) is 10.7. The second-order valence-corrected chi connectivity index (χ2v) is 10.7. The van der Waals surface area contributed by atoms with Crippen molar-refractivity contribution in [2.45, 2.75) is 64.2 Å². The third-order valence-corrected chi connectivity index (χ3v) is 6.73. The summed E-state index contributed by atoms with van der Waals surface area (Å²) in [6.45, 7) is 9.55. The number of aromatic nitrogens is 2.